The van der Waals surface area contributed by atoms with Crippen LogP contribution in [-0.2, 0) is 11.8 Å². The molecule has 1 aliphatic rings. The van der Waals surface area contributed by atoms with Gasteiger partial charge in [0, 0.05) is 67.3 Å². The van der Waals surface area contributed by atoms with Crippen LogP contribution in [0.2, 0.25) is 0 Å². The number of amides is 2. The number of ether oxygens (including phenoxy) is 1. The molecule has 2 aromatic heterocycles. The fourth-order valence-corrected chi connectivity index (χ4v) is 4.96. The van der Waals surface area contributed by atoms with Crippen molar-refractivity contribution in [3.05, 3.63) is 53.3 Å². The van der Waals surface area contributed by atoms with Crippen molar-refractivity contribution in [3.63, 3.8) is 0 Å². The zero-order valence-corrected chi connectivity index (χ0v) is 22.3. The first-order valence-corrected chi connectivity index (χ1v) is 12.6. The number of fused-ring (bicyclic) bond motifs is 2. The second-order valence-electron chi connectivity index (χ2n) is 10.8. The summed E-state index contributed by atoms with van der Waals surface area (Å²) >= 11 is 0. The Labute approximate surface area is 216 Å². The lowest BCUT2D eigenvalue weighted by molar-refractivity contribution is 0.0240. The Balaban J connectivity index is 1.37. The maximum Gasteiger partial charge on any atom is 0.410 e. The van der Waals surface area contributed by atoms with E-state index in [1.165, 1.54) is 0 Å². The molecule has 1 aliphatic heterocycles. The molecule has 2 N–H and O–H groups in total. The van der Waals surface area contributed by atoms with E-state index in [2.05, 4.69) is 26.4 Å². The Morgan fingerprint density at radius 2 is 1.78 bits per heavy atom. The van der Waals surface area contributed by atoms with Crippen LogP contribution < -0.4 is 10.2 Å². The van der Waals surface area contributed by atoms with Crippen LogP contribution in [-0.4, -0.2) is 63.4 Å². The number of benzene rings is 2. The number of carbonyl (C=O) groups excluding carboxylic acids is 2. The molecule has 0 radical (unpaired) electrons. The van der Waals surface area contributed by atoms with Gasteiger partial charge in [-0.15, -0.1) is 0 Å². The van der Waals surface area contributed by atoms with Gasteiger partial charge in [-0.1, -0.05) is 0 Å². The van der Waals surface area contributed by atoms with Crippen molar-refractivity contribution in [1.29, 1.82) is 0 Å². The van der Waals surface area contributed by atoms with Crippen LogP contribution in [0.4, 0.5) is 16.2 Å². The monoisotopic (exact) mass is 502 g/mol. The summed E-state index contributed by atoms with van der Waals surface area (Å²) in [6.07, 6.45) is 1.67. The van der Waals surface area contributed by atoms with Crippen LogP contribution in [0.1, 0.15) is 42.4 Å². The van der Waals surface area contributed by atoms with Gasteiger partial charge in [0.05, 0.1) is 16.6 Å². The fraction of sp³-hybridized carbons (Fsp3) is 0.393. The molecular weight excluding hydrogens is 468 g/mol. The molecule has 4 aromatic rings. The quantitative estimate of drug-likeness (QED) is 0.412. The highest BCUT2D eigenvalue weighted by Gasteiger charge is 2.27. The number of aryl methyl sites for hydroxylation is 3. The highest BCUT2D eigenvalue weighted by molar-refractivity contribution is 6.14. The Morgan fingerprint density at radius 1 is 1.05 bits per heavy atom. The summed E-state index contributed by atoms with van der Waals surface area (Å²) in [6, 6.07) is 9.85. The largest absolute Gasteiger partial charge is 0.444 e. The van der Waals surface area contributed by atoms with Crippen LogP contribution >= 0.6 is 0 Å². The zero-order valence-electron chi connectivity index (χ0n) is 22.3. The molecule has 2 amide bonds. The number of hydrogen-bond acceptors (Lipinski definition) is 5. The molecule has 0 saturated carbocycles. The van der Waals surface area contributed by atoms with Crippen LogP contribution in [0.15, 0.2) is 36.5 Å². The van der Waals surface area contributed by atoms with Crippen LogP contribution in [0.25, 0.3) is 21.8 Å². The van der Waals surface area contributed by atoms with Gasteiger partial charge in [0.15, 0.2) is 0 Å². The van der Waals surface area contributed by atoms with Crippen molar-refractivity contribution in [2.24, 2.45) is 7.05 Å². The van der Waals surface area contributed by atoms with E-state index >= 15 is 0 Å². The number of anilines is 2. The summed E-state index contributed by atoms with van der Waals surface area (Å²) in [5.74, 6) is -0.171. The zero-order chi connectivity index (χ0) is 26.5. The minimum absolute atomic E-state index is 0.171. The molecule has 194 valence electrons. The van der Waals surface area contributed by atoms with E-state index in [1.54, 1.807) is 9.58 Å². The first kappa shape index (κ1) is 24.7. The van der Waals surface area contributed by atoms with Crippen LogP contribution in [0.3, 0.4) is 0 Å². The number of hydrogen-bond donors (Lipinski definition) is 2. The van der Waals surface area contributed by atoms with Gasteiger partial charge < -0.3 is 24.8 Å². The lowest BCUT2D eigenvalue weighted by atomic mass is 10.1. The van der Waals surface area contributed by atoms with Crippen LogP contribution in [0, 0.1) is 13.8 Å². The van der Waals surface area contributed by atoms with Crippen molar-refractivity contribution in [3.8, 4) is 0 Å². The fourth-order valence-electron chi connectivity index (χ4n) is 4.96. The van der Waals surface area contributed by atoms with E-state index < -0.39 is 5.60 Å². The van der Waals surface area contributed by atoms with Gasteiger partial charge in [0.1, 0.15) is 5.60 Å². The van der Waals surface area contributed by atoms with E-state index in [1.807, 2.05) is 72.1 Å². The normalized spacial score (nSPS) is 14.4. The second kappa shape index (κ2) is 9.14. The second-order valence-corrected chi connectivity index (χ2v) is 10.8. The van der Waals surface area contributed by atoms with Gasteiger partial charge in [0.2, 0.25) is 0 Å². The molecule has 1 fully saturated rings. The summed E-state index contributed by atoms with van der Waals surface area (Å²) in [5, 5.41) is 9.54. The predicted octanol–water partition coefficient (Wildman–Crippen LogP) is 4.98. The topological polar surface area (TPSA) is 95.5 Å². The van der Waals surface area contributed by atoms with Gasteiger partial charge in [-0.25, -0.2) is 4.79 Å². The lowest BCUT2D eigenvalue weighted by Crippen LogP contribution is -2.50. The van der Waals surface area contributed by atoms with E-state index in [4.69, 9.17) is 4.74 Å². The number of nitrogens with zero attached hydrogens (tertiary/aromatic N) is 4. The molecule has 37 heavy (non-hydrogen) atoms. The Bertz CT molecular complexity index is 1500. The van der Waals surface area contributed by atoms with Crippen molar-refractivity contribution in [1.82, 2.24) is 19.7 Å². The Kier molecular flexibility index (Phi) is 6.09. The third-order valence-corrected chi connectivity index (χ3v) is 6.59. The number of aromatic nitrogens is 3. The summed E-state index contributed by atoms with van der Waals surface area (Å²) < 4.78 is 7.31. The lowest BCUT2D eigenvalue weighted by Gasteiger charge is -2.37. The van der Waals surface area contributed by atoms with Crippen molar-refractivity contribution in [2.75, 3.05) is 36.4 Å². The van der Waals surface area contributed by atoms with Crippen molar-refractivity contribution >= 4 is 45.2 Å². The predicted molar refractivity (Wildman–Crippen MR) is 146 cm³/mol. The number of carbonyl (C=O) groups is 2. The van der Waals surface area contributed by atoms with Gasteiger partial charge in [0.25, 0.3) is 5.91 Å². The van der Waals surface area contributed by atoms with Crippen LogP contribution in [0.5, 0.6) is 0 Å². The molecule has 0 aliphatic carbocycles. The van der Waals surface area contributed by atoms with Crippen molar-refractivity contribution < 1.29 is 14.3 Å². The maximum atomic E-state index is 13.4. The summed E-state index contributed by atoms with van der Waals surface area (Å²) in [7, 11) is 1.89. The van der Waals surface area contributed by atoms with E-state index in [9.17, 15) is 9.59 Å². The SMILES string of the molecule is Cc1cc2c(N3CCN(C(=O)OC(C)(C)C)CC3)ccc(C(=O)Nc3cc(C)c4nn(C)cc4c3)c2[nH]1. The van der Waals surface area contributed by atoms with E-state index in [0.29, 0.717) is 31.7 Å². The molecule has 0 spiro atoms. The third kappa shape index (κ3) is 4.98. The average Bonchev–Trinajstić information content (AvgIpc) is 3.39. The standard InChI is InChI=1S/C28H34N6O3/c1-17-13-20(15-19-16-32(6)31-24(17)19)30-26(35)21-7-8-23(22-14-18(2)29-25(21)22)33-9-11-34(12-10-33)27(36)37-28(3,4)5/h7-8,13-16,29H,9-12H2,1-6H3,(H,30,35). The minimum Gasteiger partial charge on any atom is -0.444 e. The molecule has 5 rings (SSSR count). The highest BCUT2D eigenvalue weighted by Crippen LogP contribution is 2.32. The van der Waals surface area contributed by atoms with E-state index in [-0.39, 0.29) is 12.0 Å². The Hall–Kier alpha value is -4.01. The molecule has 1 saturated heterocycles. The first-order chi connectivity index (χ1) is 17.5. The molecule has 3 heterocycles. The molecular formula is C28H34N6O3. The number of nitrogens with one attached hydrogen (secondary N) is 2. The number of aromatic amines is 1. The highest BCUT2D eigenvalue weighted by atomic mass is 16.6. The van der Waals surface area contributed by atoms with Gasteiger partial charge in [-0.05, 0) is 70.5 Å². The van der Waals surface area contributed by atoms with Crippen molar-refractivity contribution in [2.45, 2.75) is 40.2 Å². The summed E-state index contributed by atoms with van der Waals surface area (Å²) in [4.78, 5) is 33.3. The molecule has 9 nitrogen and oxygen atoms in total. The molecule has 9 heteroatoms. The Morgan fingerprint density at radius 3 is 2.49 bits per heavy atom. The third-order valence-electron chi connectivity index (χ3n) is 6.59. The van der Waals surface area contributed by atoms with E-state index in [0.717, 1.165) is 44.4 Å². The number of H-pyrrole nitrogens is 1. The van der Waals surface area contributed by atoms with Gasteiger partial charge in [-0.3, -0.25) is 9.48 Å². The summed E-state index contributed by atoms with van der Waals surface area (Å²) in [6.45, 7) is 12.2. The smallest absolute Gasteiger partial charge is 0.410 e. The number of piperazine rings is 1. The minimum atomic E-state index is -0.512. The van der Waals surface area contributed by atoms with Gasteiger partial charge >= 0.3 is 6.09 Å². The molecule has 0 bridgehead atoms. The first-order valence-electron chi connectivity index (χ1n) is 12.6. The maximum absolute atomic E-state index is 13.4. The summed E-state index contributed by atoms with van der Waals surface area (Å²) in [5.41, 5.74) is 5.59. The van der Waals surface area contributed by atoms with Gasteiger partial charge in [-0.2, -0.15) is 5.10 Å². The molecule has 0 atom stereocenters. The average molecular weight is 503 g/mol. The molecule has 0 unspecified atom stereocenters. The molecule has 2 aromatic carbocycles. The number of rotatable bonds is 3.